The predicted octanol–water partition coefficient (Wildman–Crippen LogP) is 5.10. The molecule has 2 heteroatoms. The van der Waals surface area contributed by atoms with Crippen LogP contribution in [-0.2, 0) is 0 Å². The lowest BCUT2D eigenvalue weighted by Crippen LogP contribution is -2.13. The molecule has 1 unspecified atom stereocenters. The highest BCUT2D eigenvalue weighted by Crippen LogP contribution is 2.31. The molecule has 2 aromatic rings. The highest BCUT2D eigenvalue weighted by Gasteiger charge is 2.17. The first-order valence-electron chi connectivity index (χ1n) is 7.98. The Balaban J connectivity index is 1.65. The fourth-order valence-corrected chi connectivity index (χ4v) is 3.44. The van der Waals surface area contributed by atoms with Gasteiger partial charge in [-0.2, -0.15) is 0 Å². The van der Waals surface area contributed by atoms with Gasteiger partial charge in [-0.1, -0.05) is 50.3 Å². The van der Waals surface area contributed by atoms with Gasteiger partial charge in [-0.3, -0.25) is 0 Å². The molecular formula is C18H25NO. The summed E-state index contributed by atoms with van der Waals surface area (Å²) in [6.45, 7) is 2.09. The van der Waals surface area contributed by atoms with Gasteiger partial charge in [0.25, 0.3) is 0 Å². The van der Waals surface area contributed by atoms with Gasteiger partial charge in [0.1, 0.15) is 11.3 Å². The summed E-state index contributed by atoms with van der Waals surface area (Å²) in [5.74, 6) is 1.84. The number of hydrogen-bond donors (Lipinski definition) is 1. The number of nitrogens with two attached hydrogens (primary N) is 1. The molecule has 1 saturated carbocycles. The summed E-state index contributed by atoms with van der Waals surface area (Å²) in [5, 5.41) is 1.17. The maximum Gasteiger partial charge on any atom is 0.137 e. The molecule has 0 spiro atoms. The van der Waals surface area contributed by atoms with E-state index in [1.807, 2.05) is 0 Å². The monoisotopic (exact) mass is 271 g/mol. The van der Waals surface area contributed by atoms with E-state index in [2.05, 4.69) is 31.2 Å². The number of para-hydroxylation sites is 1. The lowest BCUT2D eigenvalue weighted by Gasteiger charge is -2.22. The van der Waals surface area contributed by atoms with Crippen LogP contribution in [0.1, 0.15) is 62.3 Å². The molecule has 0 amide bonds. The molecule has 1 aliphatic carbocycles. The molecule has 2 nitrogen and oxygen atoms in total. The maximum absolute atomic E-state index is 6.33. The molecule has 0 saturated heterocycles. The third-order valence-corrected chi connectivity index (χ3v) is 4.74. The predicted molar refractivity (Wildman–Crippen MR) is 83.7 cm³/mol. The van der Waals surface area contributed by atoms with Crippen molar-refractivity contribution in [1.29, 1.82) is 0 Å². The molecule has 1 aromatic carbocycles. The van der Waals surface area contributed by atoms with E-state index in [1.54, 1.807) is 0 Å². The van der Waals surface area contributed by atoms with E-state index in [0.717, 1.165) is 23.7 Å². The van der Waals surface area contributed by atoms with Crippen molar-refractivity contribution in [1.82, 2.24) is 0 Å². The third-order valence-electron chi connectivity index (χ3n) is 4.74. The van der Waals surface area contributed by atoms with Crippen molar-refractivity contribution in [2.75, 3.05) is 0 Å². The van der Waals surface area contributed by atoms with Gasteiger partial charge in [0.2, 0.25) is 0 Å². The summed E-state index contributed by atoms with van der Waals surface area (Å²) in [4.78, 5) is 0. The Morgan fingerprint density at radius 1 is 1.25 bits per heavy atom. The zero-order valence-corrected chi connectivity index (χ0v) is 12.4. The van der Waals surface area contributed by atoms with Crippen LogP contribution in [0, 0.1) is 12.8 Å². The normalized spacial score (nSPS) is 18.5. The molecule has 3 rings (SSSR count). The van der Waals surface area contributed by atoms with Crippen molar-refractivity contribution in [3.8, 4) is 0 Å². The van der Waals surface area contributed by atoms with Crippen LogP contribution in [0.3, 0.4) is 0 Å². The first kappa shape index (κ1) is 13.7. The average Bonchev–Trinajstić information content (AvgIpc) is 2.91. The zero-order chi connectivity index (χ0) is 13.9. The number of fused-ring (bicyclic) bond motifs is 1. The first-order valence-corrected chi connectivity index (χ1v) is 7.98. The van der Waals surface area contributed by atoms with Crippen molar-refractivity contribution in [3.63, 3.8) is 0 Å². The summed E-state index contributed by atoms with van der Waals surface area (Å²) >= 11 is 0. The Hall–Kier alpha value is -1.28. The van der Waals surface area contributed by atoms with E-state index in [1.165, 1.54) is 49.5 Å². The lowest BCUT2D eigenvalue weighted by molar-refractivity contribution is 0.317. The molecule has 20 heavy (non-hydrogen) atoms. The Kier molecular flexibility index (Phi) is 4.11. The molecule has 1 aromatic heterocycles. The fraction of sp³-hybridized carbons (Fsp3) is 0.556. The minimum Gasteiger partial charge on any atom is -0.459 e. The second-order valence-corrected chi connectivity index (χ2v) is 6.33. The van der Waals surface area contributed by atoms with Gasteiger partial charge in [0, 0.05) is 5.39 Å². The van der Waals surface area contributed by atoms with Crippen LogP contribution >= 0.6 is 0 Å². The van der Waals surface area contributed by atoms with Crippen molar-refractivity contribution in [2.24, 2.45) is 11.7 Å². The molecule has 1 atom stereocenters. The lowest BCUT2D eigenvalue weighted by atomic mass is 9.85. The van der Waals surface area contributed by atoms with Crippen LogP contribution in [0.2, 0.25) is 0 Å². The Morgan fingerprint density at radius 2 is 2.05 bits per heavy atom. The van der Waals surface area contributed by atoms with E-state index in [4.69, 9.17) is 10.2 Å². The summed E-state index contributed by atoms with van der Waals surface area (Å²) in [6.07, 6.45) is 9.32. The number of benzene rings is 1. The average molecular weight is 271 g/mol. The SMILES string of the molecule is Cc1cccc2cc(C(N)CCC3CCCCC3)oc12. The largest absolute Gasteiger partial charge is 0.459 e. The van der Waals surface area contributed by atoms with Crippen LogP contribution in [0.4, 0.5) is 0 Å². The van der Waals surface area contributed by atoms with Gasteiger partial charge in [0.15, 0.2) is 0 Å². The molecule has 0 radical (unpaired) electrons. The van der Waals surface area contributed by atoms with Crippen LogP contribution in [0.15, 0.2) is 28.7 Å². The second-order valence-electron chi connectivity index (χ2n) is 6.33. The molecular weight excluding hydrogens is 246 g/mol. The van der Waals surface area contributed by atoms with Crippen molar-refractivity contribution >= 4 is 11.0 Å². The van der Waals surface area contributed by atoms with E-state index in [9.17, 15) is 0 Å². The highest BCUT2D eigenvalue weighted by molar-refractivity contribution is 5.80. The Bertz CT molecular complexity index is 566. The minimum absolute atomic E-state index is 0.0451. The van der Waals surface area contributed by atoms with Crippen molar-refractivity contribution in [2.45, 2.75) is 57.9 Å². The van der Waals surface area contributed by atoms with Crippen molar-refractivity contribution in [3.05, 3.63) is 35.6 Å². The van der Waals surface area contributed by atoms with Gasteiger partial charge in [0.05, 0.1) is 6.04 Å². The smallest absolute Gasteiger partial charge is 0.137 e. The maximum atomic E-state index is 6.33. The van der Waals surface area contributed by atoms with Gasteiger partial charge in [-0.25, -0.2) is 0 Å². The van der Waals surface area contributed by atoms with E-state index in [-0.39, 0.29) is 6.04 Å². The minimum atomic E-state index is 0.0451. The van der Waals surface area contributed by atoms with E-state index >= 15 is 0 Å². The quantitative estimate of drug-likeness (QED) is 0.840. The molecule has 1 aliphatic rings. The van der Waals surface area contributed by atoms with Crippen LogP contribution in [0.25, 0.3) is 11.0 Å². The van der Waals surface area contributed by atoms with Crippen molar-refractivity contribution < 1.29 is 4.42 Å². The van der Waals surface area contributed by atoms with Crippen LogP contribution < -0.4 is 5.73 Å². The van der Waals surface area contributed by atoms with Crippen LogP contribution in [0.5, 0.6) is 0 Å². The zero-order valence-electron chi connectivity index (χ0n) is 12.4. The van der Waals surface area contributed by atoms with Gasteiger partial charge in [-0.05, 0) is 37.3 Å². The Morgan fingerprint density at radius 3 is 2.80 bits per heavy atom. The van der Waals surface area contributed by atoms with Gasteiger partial charge < -0.3 is 10.2 Å². The van der Waals surface area contributed by atoms with E-state index < -0.39 is 0 Å². The van der Waals surface area contributed by atoms with Gasteiger partial charge >= 0.3 is 0 Å². The van der Waals surface area contributed by atoms with E-state index in [0.29, 0.717) is 0 Å². The standard InChI is InChI=1S/C18H25NO/c1-13-6-5-9-15-12-17(20-18(13)15)16(19)11-10-14-7-3-2-4-8-14/h5-6,9,12,14,16H,2-4,7-8,10-11,19H2,1H3. The Labute approximate surface area is 121 Å². The summed E-state index contributed by atoms with van der Waals surface area (Å²) in [6, 6.07) is 8.42. The van der Waals surface area contributed by atoms with Crippen LogP contribution in [-0.4, -0.2) is 0 Å². The molecule has 1 fully saturated rings. The number of furan rings is 1. The molecule has 0 bridgehead atoms. The second kappa shape index (κ2) is 6.01. The molecule has 1 heterocycles. The number of hydrogen-bond acceptors (Lipinski definition) is 2. The number of aryl methyl sites for hydroxylation is 1. The fourth-order valence-electron chi connectivity index (χ4n) is 3.44. The third kappa shape index (κ3) is 2.90. The first-order chi connectivity index (χ1) is 9.74. The summed E-state index contributed by atoms with van der Waals surface area (Å²) < 4.78 is 5.98. The molecule has 2 N–H and O–H groups in total. The molecule has 0 aliphatic heterocycles. The number of rotatable bonds is 4. The summed E-state index contributed by atoms with van der Waals surface area (Å²) in [5.41, 5.74) is 8.52. The molecule has 108 valence electrons. The van der Waals surface area contributed by atoms with Gasteiger partial charge in [-0.15, -0.1) is 0 Å². The topological polar surface area (TPSA) is 39.2 Å². The summed E-state index contributed by atoms with van der Waals surface area (Å²) in [7, 11) is 0. The highest BCUT2D eigenvalue weighted by atomic mass is 16.3.